The monoisotopic (exact) mass is 456 g/mol. The Morgan fingerprint density at radius 2 is 2.18 bits per heavy atom. The van der Waals surface area contributed by atoms with E-state index in [4.69, 9.17) is 5.73 Å². The number of amides is 2. The number of aromatic nitrogens is 4. The molecule has 1 aromatic carbocycles. The second kappa shape index (κ2) is 8.39. The molecule has 9 heteroatoms. The molecule has 2 atom stereocenters. The summed E-state index contributed by atoms with van der Waals surface area (Å²) in [4.78, 5) is 34.2. The Bertz CT molecular complexity index is 1340. The lowest BCUT2D eigenvalue weighted by atomic mass is 9.84. The number of carbonyl (C=O) groups excluding carboxylic acids is 2. The highest BCUT2D eigenvalue weighted by Gasteiger charge is 2.42. The summed E-state index contributed by atoms with van der Waals surface area (Å²) in [5, 5.41) is 15.1. The molecule has 2 aliphatic rings. The van der Waals surface area contributed by atoms with Crippen LogP contribution in [0.3, 0.4) is 0 Å². The summed E-state index contributed by atoms with van der Waals surface area (Å²) in [6, 6.07) is 9.24. The smallest absolute Gasteiger partial charge is 0.269 e. The Labute approximate surface area is 196 Å². The van der Waals surface area contributed by atoms with Gasteiger partial charge >= 0.3 is 0 Å². The molecule has 0 radical (unpaired) electrons. The molecule has 3 aromatic rings. The molecule has 0 saturated carbocycles. The molecule has 1 aliphatic heterocycles. The highest BCUT2D eigenvalue weighted by atomic mass is 16.3. The number of nitrogens with zero attached hydrogens (tertiary/aromatic N) is 5. The van der Waals surface area contributed by atoms with Crippen LogP contribution in [0.15, 0.2) is 42.9 Å². The highest BCUT2D eigenvalue weighted by molar-refractivity contribution is 5.93. The van der Waals surface area contributed by atoms with Crippen LogP contribution in [0.5, 0.6) is 0 Å². The van der Waals surface area contributed by atoms with Crippen LogP contribution in [0.2, 0.25) is 0 Å². The Morgan fingerprint density at radius 3 is 2.88 bits per heavy atom. The van der Waals surface area contributed by atoms with Crippen LogP contribution >= 0.6 is 0 Å². The molecular formula is C25H24N6O3. The Hall–Kier alpha value is -4.03. The van der Waals surface area contributed by atoms with Crippen molar-refractivity contribution in [1.29, 1.82) is 0 Å². The maximum Gasteiger partial charge on any atom is 0.269 e. The molecule has 9 nitrogen and oxygen atoms in total. The molecule has 34 heavy (non-hydrogen) atoms. The maximum atomic E-state index is 12.2. The van der Waals surface area contributed by atoms with E-state index >= 15 is 0 Å². The number of rotatable bonds is 3. The van der Waals surface area contributed by atoms with E-state index in [-0.39, 0.29) is 23.9 Å². The number of likely N-dealkylation sites (tertiary alicyclic amines) is 1. The van der Waals surface area contributed by atoms with Crippen molar-refractivity contribution in [3.8, 4) is 17.5 Å². The van der Waals surface area contributed by atoms with E-state index in [0.29, 0.717) is 24.9 Å². The number of benzene rings is 1. The minimum absolute atomic E-state index is 0.159. The van der Waals surface area contributed by atoms with Gasteiger partial charge in [-0.3, -0.25) is 9.59 Å². The zero-order valence-corrected chi connectivity index (χ0v) is 18.7. The normalized spacial score (nSPS) is 21.6. The largest absolute Gasteiger partial charge is 0.369 e. The zero-order valence-electron chi connectivity index (χ0n) is 18.7. The molecule has 1 fully saturated rings. The van der Waals surface area contributed by atoms with Crippen LogP contribution in [0.4, 0.5) is 0 Å². The minimum Gasteiger partial charge on any atom is -0.369 e. The first kappa shape index (κ1) is 21.8. The SMILES string of the molecule is CN1CC[C@@](O)(C#Cc2cccc(-n3nc(C(N)=O)c4c3CCC(c3ccncn3)C4)c2)C1=O. The average Bonchev–Trinajstić information content (AvgIpc) is 3.37. The van der Waals surface area contributed by atoms with Gasteiger partial charge in [-0.05, 0) is 43.5 Å². The van der Waals surface area contributed by atoms with Crippen LogP contribution in [0, 0.1) is 11.8 Å². The van der Waals surface area contributed by atoms with E-state index < -0.39 is 11.5 Å². The van der Waals surface area contributed by atoms with Gasteiger partial charge in [-0.2, -0.15) is 5.10 Å². The average molecular weight is 457 g/mol. The lowest BCUT2D eigenvalue weighted by molar-refractivity contribution is -0.137. The molecule has 1 aliphatic carbocycles. The maximum absolute atomic E-state index is 12.2. The number of likely N-dealkylation sites (N-methyl/N-ethyl adjacent to an activating group) is 1. The minimum atomic E-state index is -1.66. The zero-order chi connectivity index (χ0) is 23.9. The van der Waals surface area contributed by atoms with Crippen molar-refractivity contribution in [2.75, 3.05) is 13.6 Å². The summed E-state index contributed by atoms with van der Waals surface area (Å²) >= 11 is 0. The van der Waals surface area contributed by atoms with Crippen LogP contribution in [0.25, 0.3) is 5.69 Å². The van der Waals surface area contributed by atoms with Crippen LogP contribution < -0.4 is 5.73 Å². The summed E-state index contributed by atoms with van der Waals surface area (Å²) in [5.74, 6) is 4.88. The molecule has 5 rings (SSSR count). The van der Waals surface area contributed by atoms with Gasteiger partial charge in [-0.25, -0.2) is 14.6 Å². The Kier molecular flexibility index (Phi) is 5.38. The second-order valence-electron chi connectivity index (χ2n) is 8.76. The summed E-state index contributed by atoms with van der Waals surface area (Å²) in [5.41, 5.74) is 8.36. The topological polar surface area (TPSA) is 127 Å². The van der Waals surface area contributed by atoms with Crippen molar-refractivity contribution in [1.82, 2.24) is 24.6 Å². The van der Waals surface area contributed by atoms with Crippen molar-refractivity contribution >= 4 is 11.8 Å². The first-order valence-corrected chi connectivity index (χ1v) is 11.1. The fourth-order valence-corrected chi connectivity index (χ4v) is 4.68. The van der Waals surface area contributed by atoms with Gasteiger partial charge < -0.3 is 15.7 Å². The van der Waals surface area contributed by atoms with Crippen molar-refractivity contribution in [3.05, 3.63) is 71.1 Å². The standard InChI is InChI=1S/C25H24N6O3/c1-30-12-10-25(34,24(30)33)9-7-16-3-2-4-18(13-16)31-21-6-5-17(20-8-11-27-15-28-20)14-19(21)22(29-31)23(26)32/h2-4,8,11,13,15,17,34H,5-6,10,12,14H2,1H3,(H2,26,32)/t17?,25-/m0/s1. The van der Waals surface area contributed by atoms with E-state index in [0.717, 1.165) is 29.1 Å². The number of fused-ring (bicyclic) bond motifs is 1. The third-order valence-electron chi connectivity index (χ3n) is 6.54. The van der Waals surface area contributed by atoms with Crippen molar-refractivity contribution in [2.45, 2.75) is 37.2 Å². The van der Waals surface area contributed by atoms with Gasteiger partial charge in [-0.1, -0.05) is 17.9 Å². The summed E-state index contributed by atoms with van der Waals surface area (Å²) < 4.78 is 1.75. The summed E-state index contributed by atoms with van der Waals surface area (Å²) in [6.45, 7) is 0.468. The Morgan fingerprint density at radius 1 is 1.32 bits per heavy atom. The lowest BCUT2D eigenvalue weighted by Crippen LogP contribution is -2.37. The van der Waals surface area contributed by atoms with Crippen molar-refractivity contribution in [2.24, 2.45) is 5.73 Å². The van der Waals surface area contributed by atoms with Crippen LogP contribution in [-0.4, -0.2) is 60.8 Å². The highest BCUT2D eigenvalue weighted by Crippen LogP contribution is 2.34. The van der Waals surface area contributed by atoms with Crippen molar-refractivity contribution in [3.63, 3.8) is 0 Å². The first-order chi connectivity index (χ1) is 16.4. The number of carbonyl (C=O) groups is 2. The fraction of sp³-hybridized carbons (Fsp3) is 0.320. The van der Waals surface area contributed by atoms with Gasteiger partial charge in [0.15, 0.2) is 5.69 Å². The number of primary amides is 1. The number of hydrogen-bond donors (Lipinski definition) is 2. The van der Waals surface area contributed by atoms with Gasteiger partial charge in [0.05, 0.1) is 5.69 Å². The molecule has 1 unspecified atom stereocenters. The Balaban J connectivity index is 1.49. The third-order valence-corrected chi connectivity index (χ3v) is 6.54. The van der Waals surface area contributed by atoms with E-state index in [1.54, 1.807) is 24.0 Å². The molecular weight excluding hydrogens is 432 g/mol. The summed E-state index contributed by atoms with van der Waals surface area (Å²) in [7, 11) is 1.65. The quantitative estimate of drug-likeness (QED) is 0.566. The molecule has 3 heterocycles. The van der Waals surface area contributed by atoms with Gasteiger partial charge in [0.2, 0.25) is 5.60 Å². The van der Waals surface area contributed by atoms with Crippen molar-refractivity contribution < 1.29 is 14.7 Å². The molecule has 2 aromatic heterocycles. The molecule has 2 amide bonds. The van der Waals surface area contributed by atoms with E-state index in [1.807, 2.05) is 24.3 Å². The number of hydrogen-bond acceptors (Lipinski definition) is 6. The predicted octanol–water partition coefficient (Wildman–Crippen LogP) is 0.978. The van der Waals surface area contributed by atoms with Crippen LogP contribution in [-0.2, 0) is 17.6 Å². The summed E-state index contributed by atoms with van der Waals surface area (Å²) in [6.07, 6.45) is 5.71. The van der Waals surface area contributed by atoms with Gasteiger partial charge in [0.25, 0.3) is 11.8 Å². The molecule has 172 valence electrons. The molecule has 1 saturated heterocycles. The number of aliphatic hydroxyl groups is 1. The van der Waals surface area contributed by atoms with Gasteiger partial charge in [0, 0.05) is 54.6 Å². The van der Waals surface area contributed by atoms with E-state index in [2.05, 4.69) is 26.9 Å². The van der Waals surface area contributed by atoms with Gasteiger partial charge in [-0.15, -0.1) is 0 Å². The fourth-order valence-electron chi connectivity index (χ4n) is 4.68. The number of nitrogens with two attached hydrogens (primary N) is 1. The first-order valence-electron chi connectivity index (χ1n) is 11.1. The lowest BCUT2D eigenvalue weighted by Gasteiger charge is -2.22. The molecule has 0 bridgehead atoms. The van der Waals surface area contributed by atoms with Crippen LogP contribution in [0.1, 0.15) is 51.8 Å². The molecule has 0 spiro atoms. The van der Waals surface area contributed by atoms with Gasteiger partial charge in [0.1, 0.15) is 6.33 Å². The predicted molar refractivity (Wildman–Crippen MR) is 123 cm³/mol. The third kappa shape index (κ3) is 3.82. The molecule has 3 N–H and O–H groups in total. The van der Waals surface area contributed by atoms with E-state index in [1.165, 1.54) is 11.2 Å². The van der Waals surface area contributed by atoms with E-state index in [9.17, 15) is 14.7 Å². The second-order valence-corrected chi connectivity index (χ2v) is 8.76.